The summed E-state index contributed by atoms with van der Waals surface area (Å²) in [6, 6.07) is -10.4. The molecule has 97 heavy (non-hydrogen) atoms. The average Bonchev–Trinajstić information content (AvgIpc) is 0.807. The van der Waals surface area contributed by atoms with Crippen molar-refractivity contribution in [1.82, 2.24) is 44.5 Å². The van der Waals surface area contributed by atoms with Gasteiger partial charge < -0.3 is 58.7 Å². The third-order valence-electron chi connectivity index (χ3n) is 19.3. The number of carbonyl (C=O) groups is 13. The fraction of sp³-hybridized carbons (Fsp3) is 0.792. The number of likely N-dealkylation sites (N-methyl/N-ethyl adjacent to an activating group) is 7. The van der Waals surface area contributed by atoms with E-state index in [2.05, 4.69) is 5.32 Å². The van der Waals surface area contributed by atoms with Crippen molar-refractivity contribution in [2.24, 2.45) is 59.2 Å². The summed E-state index contributed by atoms with van der Waals surface area (Å²) in [6.45, 7) is 31.6. The molecule has 0 bridgehead atoms. The van der Waals surface area contributed by atoms with Gasteiger partial charge in [0.2, 0.25) is 47.3 Å². The molecular weight excluding hydrogens is 1250 g/mol. The zero-order valence-corrected chi connectivity index (χ0v) is 63.4. The number of nitrogens with zero attached hydrogens (tertiary/aromatic N) is 8. The summed E-state index contributed by atoms with van der Waals surface area (Å²) < 4.78 is 17.2. The molecule has 0 radical (unpaired) electrons. The van der Waals surface area contributed by atoms with Crippen LogP contribution in [-0.2, 0) is 71.7 Å². The van der Waals surface area contributed by atoms with Gasteiger partial charge in [-0.2, -0.15) is 0 Å². The summed E-state index contributed by atoms with van der Waals surface area (Å²) in [5.74, 6) is -13.6. The third kappa shape index (κ3) is 24.0. The molecule has 2 aliphatic heterocycles. The molecule has 14 atom stereocenters. The van der Waals surface area contributed by atoms with Crippen molar-refractivity contribution < 1.29 is 76.5 Å². The number of carbonyl (C=O) groups excluding carboxylic acids is 13. The fourth-order valence-electron chi connectivity index (χ4n) is 13.1. The largest absolute Gasteiger partial charge is 0.459 e. The molecule has 1 N–H and O–H groups in total. The second-order valence-electron chi connectivity index (χ2n) is 29.5. The van der Waals surface area contributed by atoms with E-state index >= 15 is 33.6 Å². The van der Waals surface area contributed by atoms with Gasteiger partial charge in [-0.15, -0.1) is 0 Å². The molecule has 2 aliphatic rings. The van der Waals surface area contributed by atoms with E-state index in [-0.39, 0.29) is 95.6 Å². The number of esters is 1. The van der Waals surface area contributed by atoms with Crippen LogP contribution >= 0.6 is 0 Å². The summed E-state index contributed by atoms with van der Waals surface area (Å²) in [5.41, 5.74) is 0. The van der Waals surface area contributed by atoms with Crippen LogP contribution in [0.3, 0.4) is 0 Å². The molecule has 0 aromatic heterocycles. The van der Waals surface area contributed by atoms with E-state index in [0.717, 1.165) is 16.7 Å². The molecule has 552 valence electrons. The number of amides is 9. The molecule has 0 aromatic carbocycles. The quantitative estimate of drug-likeness (QED) is 0.119. The van der Waals surface area contributed by atoms with Gasteiger partial charge in [-0.3, -0.25) is 57.5 Å². The normalized spacial score (nSPS) is 27.2. The zero-order chi connectivity index (χ0) is 74.5. The Morgan fingerprint density at radius 2 is 1.01 bits per heavy atom. The van der Waals surface area contributed by atoms with Gasteiger partial charge >= 0.3 is 12.1 Å². The van der Waals surface area contributed by atoms with Crippen molar-refractivity contribution in [2.75, 3.05) is 82.2 Å². The number of hydrogen-bond acceptors (Lipinski definition) is 16. The second kappa shape index (κ2) is 39.7. The number of ketones is 3. The lowest BCUT2D eigenvalue weighted by molar-refractivity contribution is -0.164. The molecule has 0 aromatic rings. The van der Waals surface area contributed by atoms with Gasteiger partial charge in [0.05, 0.1) is 31.9 Å². The van der Waals surface area contributed by atoms with Gasteiger partial charge in [0, 0.05) is 112 Å². The minimum atomic E-state index is -1.65. The molecule has 0 spiro atoms. The highest BCUT2D eigenvalue weighted by molar-refractivity contribution is 6.00. The van der Waals surface area contributed by atoms with Crippen LogP contribution in [0.5, 0.6) is 0 Å². The maximum absolute atomic E-state index is 15.5. The van der Waals surface area contributed by atoms with Crippen molar-refractivity contribution in [3.8, 4) is 0 Å². The maximum Gasteiger partial charge on any atom is 0.409 e. The van der Waals surface area contributed by atoms with Crippen LogP contribution in [0.15, 0.2) is 12.2 Å². The number of hydrogen-bond donors (Lipinski definition) is 1. The number of nitrogens with one attached hydrogen (secondary N) is 1. The van der Waals surface area contributed by atoms with E-state index < -0.39 is 179 Å². The summed E-state index contributed by atoms with van der Waals surface area (Å²) in [5, 5.41) is 2.81. The highest BCUT2D eigenvalue weighted by Crippen LogP contribution is 2.30. The fourth-order valence-corrected chi connectivity index (χ4v) is 13.1. The van der Waals surface area contributed by atoms with Crippen molar-refractivity contribution in [3.63, 3.8) is 0 Å². The van der Waals surface area contributed by atoms with E-state index in [1.165, 1.54) is 85.7 Å². The van der Waals surface area contributed by atoms with Crippen LogP contribution in [0.4, 0.5) is 4.79 Å². The lowest BCUT2D eigenvalue weighted by Crippen LogP contribution is -2.64. The summed E-state index contributed by atoms with van der Waals surface area (Å²) in [4.78, 5) is 202. The Morgan fingerprint density at radius 1 is 0.536 bits per heavy atom. The summed E-state index contributed by atoms with van der Waals surface area (Å²) >= 11 is 0. The molecule has 0 unspecified atom stereocenters. The third-order valence-corrected chi connectivity index (χ3v) is 19.3. The van der Waals surface area contributed by atoms with E-state index in [0.29, 0.717) is 0 Å². The van der Waals surface area contributed by atoms with Crippen molar-refractivity contribution in [3.05, 3.63) is 12.2 Å². The van der Waals surface area contributed by atoms with E-state index in [4.69, 9.17) is 14.2 Å². The topological polar surface area (TPSA) is 288 Å². The second-order valence-corrected chi connectivity index (χ2v) is 29.5. The smallest absolute Gasteiger partial charge is 0.409 e. The van der Waals surface area contributed by atoms with Crippen molar-refractivity contribution in [2.45, 2.75) is 230 Å². The average molecular weight is 1370 g/mol. The van der Waals surface area contributed by atoms with Crippen LogP contribution in [0, 0.1) is 59.2 Å². The first-order valence-electron chi connectivity index (χ1n) is 35.0. The van der Waals surface area contributed by atoms with Gasteiger partial charge in [-0.25, -0.2) is 4.79 Å². The van der Waals surface area contributed by atoms with Crippen molar-refractivity contribution in [1.29, 1.82) is 0 Å². The van der Waals surface area contributed by atoms with E-state index in [1.54, 1.807) is 75.3 Å². The minimum absolute atomic E-state index is 0.0504. The van der Waals surface area contributed by atoms with Gasteiger partial charge in [0.1, 0.15) is 48.1 Å². The molecule has 2 saturated heterocycles. The Balaban J connectivity index is 3.12. The van der Waals surface area contributed by atoms with Crippen LogP contribution in [-0.4, -0.2) is 253 Å². The minimum Gasteiger partial charge on any atom is -0.459 e. The Hall–Kier alpha value is -6.79. The monoisotopic (exact) mass is 1370 g/mol. The molecule has 2 fully saturated rings. The number of ether oxygens (including phenoxy) is 3. The predicted molar refractivity (Wildman–Crippen MR) is 370 cm³/mol. The molecule has 9 amide bonds. The Kier molecular flexibility index (Phi) is 35.3. The molecular formula is C72H123N9O16. The molecule has 25 heteroatoms. The van der Waals surface area contributed by atoms with Gasteiger partial charge in [-0.05, 0) is 81.5 Å². The first-order chi connectivity index (χ1) is 45.0. The summed E-state index contributed by atoms with van der Waals surface area (Å²) in [7, 11) is 9.96. The lowest BCUT2D eigenvalue weighted by Gasteiger charge is -2.42. The zero-order valence-electron chi connectivity index (χ0n) is 63.4. The van der Waals surface area contributed by atoms with Crippen molar-refractivity contribution >= 4 is 76.7 Å². The molecule has 25 nitrogen and oxygen atoms in total. The maximum atomic E-state index is 15.5. The Bertz CT molecular complexity index is 2750. The summed E-state index contributed by atoms with van der Waals surface area (Å²) in [6.07, 6.45) is 1.30. The molecule has 0 aliphatic carbocycles. The Morgan fingerprint density at radius 3 is 1.49 bits per heavy atom. The standard InChI is InChI=1S/C72H123N9O16/c1-26-28-29-46(13)63(97-51(18)82)62-64(86)73-53(27-2)68(90)74(19)50(17)66(88)79(24)61(49(16)40-96-72(94)81-30-32-95-33-31-81)59(85)39-52(44(9)10)67(89)75(20)54(34-41(3)4)58(84)37-47(14)57(83)38-48(15)65(87)76(21)55(35-42(5)6)69(91)77(22)56(36-43(7)8)70(92)78(23)60(45(11)12)71(93)80(62)25/h26,28,41-50,52-56,60-63H,27,29-40H2,1-25H3,(H,73,86)/b28-26+/t46-,47-,48+,49-,50-,52+,53+,54+,55+,56+,60+,61+,62+,63-/m1/s1. The highest BCUT2D eigenvalue weighted by Gasteiger charge is 2.48. The van der Waals surface area contributed by atoms with Crippen LogP contribution in [0.1, 0.15) is 176 Å². The first-order valence-corrected chi connectivity index (χ1v) is 35.0. The lowest BCUT2D eigenvalue weighted by atomic mass is 9.83. The Labute approximate surface area is 579 Å². The predicted octanol–water partition coefficient (Wildman–Crippen LogP) is 6.56. The molecule has 2 rings (SSSR count). The molecule has 0 saturated carbocycles. The van der Waals surface area contributed by atoms with E-state index in [1.807, 2.05) is 47.6 Å². The van der Waals surface area contributed by atoms with E-state index in [9.17, 15) is 28.8 Å². The van der Waals surface area contributed by atoms with Crippen LogP contribution in [0.25, 0.3) is 0 Å². The number of morpholine rings is 1. The number of allylic oxidation sites excluding steroid dienone is 2. The SMILES string of the molecule is C/C=C/C[C@@H](C)[C@@H](OC(C)=O)[C@H]1C(=O)N[C@@H](CC)C(=O)N(C)[C@H](C)C(=O)N(C)[C@@H]([C@H](C)COC(=O)N2CCOCC2)C(=O)C[C@@H](C(C)C)C(=O)N(C)[C@@H](CC(C)C)C(=O)C[C@@H](C)C(=O)C[C@H](C)C(=O)N(C)[C@@H](CC(C)C)C(=O)N(C)[C@@H](CC(C)C)C(=O)N(C)[C@@H](C(C)C)C(=O)N1C. The van der Waals surface area contributed by atoms with Gasteiger partial charge in [0.25, 0.3) is 0 Å². The molecule has 2 heterocycles. The van der Waals surface area contributed by atoms with Crippen LogP contribution < -0.4 is 5.32 Å². The first kappa shape index (κ1) is 86.3. The number of rotatable bonds is 17. The van der Waals surface area contributed by atoms with Gasteiger partial charge in [-0.1, -0.05) is 116 Å². The highest BCUT2D eigenvalue weighted by atomic mass is 16.6. The number of Topliss-reactive ketones (excluding diaryl/α,β-unsaturated/α-hetero) is 3. The van der Waals surface area contributed by atoms with Gasteiger partial charge in [0.15, 0.2) is 11.6 Å². The van der Waals surface area contributed by atoms with Crippen LogP contribution in [0.2, 0.25) is 0 Å².